The van der Waals surface area contributed by atoms with E-state index in [1.54, 1.807) is 0 Å². The minimum atomic E-state index is -0.0677. The maximum atomic E-state index is 9.94. The van der Waals surface area contributed by atoms with E-state index in [0.29, 0.717) is 12.4 Å². The highest BCUT2D eigenvalue weighted by molar-refractivity contribution is 5.39. The molecule has 0 radical (unpaired) electrons. The average Bonchev–Trinajstić information content (AvgIpc) is 2.49. The predicted molar refractivity (Wildman–Crippen MR) is 34.0 cm³/mol. The fourth-order valence-electron chi connectivity index (χ4n) is 1.05. The van der Waals surface area contributed by atoms with Gasteiger partial charge in [0.05, 0.1) is 0 Å². The molecule has 1 aliphatic carbocycles. The molecule has 0 unspecified atom stereocenters. The molecule has 2 nitrogen and oxygen atoms in total. The van der Waals surface area contributed by atoms with Crippen molar-refractivity contribution in [2.24, 2.45) is 5.92 Å². The van der Waals surface area contributed by atoms with Crippen LogP contribution >= 0.6 is 0 Å². The molecule has 1 fully saturated rings. The van der Waals surface area contributed by atoms with E-state index < -0.39 is 0 Å². The molecule has 0 amide bonds. The van der Waals surface area contributed by atoms with Crippen LogP contribution in [0.4, 0.5) is 0 Å². The minimum Gasteiger partial charge on any atom is -0.461 e. The molecular weight excluding hydrogens is 116 g/mol. The van der Waals surface area contributed by atoms with Gasteiger partial charge in [0, 0.05) is 0 Å². The lowest BCUT2D eigenvalue weighted by molar-refractivity contribution is -0.137. The standard InChI is InChI=1S/C7H12O2/c1-6(2)7(3-4-7)9-5-8/h5-6H,3-4H2,1-2H3. The van der Waals surface area contributed by atoms with E-state index in [2.05, 4.69) is 13.8 Å². The molecule has 1 saturated carbocycles. The normalized spacial score (nSPS) is 21.7. The summed E-state index contributed by atoms with van der Waals surface area (Å²) in [4.78, 5) is 9.94. The van der Waals surface area contributed by atoms with E-state index in [-0.39, 0.29) is 5.60 Å². The first kappa shape index (κ1) is 6.59. The monoisotopic (exact) mass is 128 g/mol. The summed E-state index contributed by atoms with van der Waals surface area (Å²) in [5.41, 5.74) is -0.0677. The lowest BCUT2D eigenvalue weighted by atomic mass is 10.1. The minimum absolute atomic E-state index is 0.0677. The molecule has 2 heteroatoms. The zero-order valence-corrected chi connectivity index (χ0v) is 5.89. The van der Waals surface area contributed by atoms with Gasteiger partial charge in [-0.3, -0.25) is 4.79 Å². The predicted octanol–water partition coefficient (Wildman–Crippen LogP) is 1.35. The zero-order valence-electron chi connectivity index (χ0n) is 5.89. The number of hydrogen-bond acceptors (Lipinski definition) is 2. The van der Waals surface area contributed by atoms with Crippen molar-refractivity contribution < 1.29 is 9.53 Å². The van der Waals surface area contributed by atoms with Crippen molar-refractivity contribution in [3.63, 3.8) is 0 Å². The second kappa shape index (κ2) is 2.01. The maximum Gasteiger partial charge on any atom is 0.293 e. The number of carbonyl (C=O) groups excluding carboxylic acids is 1. The van der Waals surface area contributed by atoms with Gasteiger partial charge >= 0.3 is 0 Å². The Bertz CT molecular complexity index is 114. The van der Waals surface area contributed by atoms with E-state index in [1.165, 1.54) is 0 Å². The fourth-order valence-corrected chi connectivity index (χ4v) is 1.05. The topological polar surface area (TPSA) is 26.3 Å². The summed E-state index contributed by atoms with van der Waals surface area (Å²) in [6.45, 7) is 4.72. The first-order chi connectivity index (χ1) is 4.21. The molecule has 0 atom stereocenters. The summed E-state index contributed by atoms with van der Waals surface area (Å²) in [7, 11) is 0. The van der Waals surface area contributed by atoms with Crippen LogP contribution in [-0.2, 0) is 9.53 Å². The average molecular weight is 128 g/mol. The summed E-state index contributed by atoms with van der Waals surface area (Å²) in [5, 5.41) is 0. The summed E-state index contributed by atoms with van der Waals surface area (Å²) in [6, 6.07) is 0. The van der Waals surface area contributed by atoms with Crippen molar-refractivity contribution in [1.29, 1.82) is 0 Å². The Morgan fingerprint density at radius 2 is 2.11 bits per heavy atom. The van der Waals surface area contributed by atoms with Crippen molar-refractivity contribution in [1.82, 2.24) is 0 Å². The van der Waals surface area contributed by atoms with E-state index >= 15 is 0 Å². The molecule has 0 heterocycles. The molecule has 0 bridgehead atoms. The van der Waals surface area contributed by atoms with Gasteiger partial charge in [0.1, 0.15) is 5.60 Å². The van der Waals surface area contributed by atoms with Crippen LogP contribution in [0, 0.1) is 5.92 Å². The third-order valence-electron chi connectivity index (χ3n) is 2.08. The highest BCUT2D eigenvalue weighted by Gasteiger charge is 2.47. The molecule has 0 saturated heterocycles. The highest BCUT2D eigenvalue weighted by Crippen LogP contribution is 2.45. The van der Waals surface area contributed by atoms with Gasteiger partial charge in [-0.2, -0.15) is 0 Å². The van der Waals surface area contributed by atoms with E-state index in [9.17, 15) is 4.79 Å². The van der Waals surface area contributed by atoms with Gasteiger partial charge in [-0.15, -0.1) is 0 Å². The van der Waals surface area contributed by atoms with Gasteiger partial charge in [0.25, 0.3) is 6.47 Å². The van der Waals surface area contributed by atoms with Crippen LogP contribution in [0.1, 0.15) is 26.7 Å². The van der Waals surface area contributed by atoms with Gasteiger partial charge in [0.2, 0.25) is 0 Å². The summed E-state index contributed by atoms with van der Waals surface area (Å²) < 4.78 is 4.92. The molecule has 1 aliphatic rings. The van der Waals surface area contributed by atoms with Crippen molar-refractivity contribution in [2.45, 2.75) is 32.3 Å². The van der Waals surface area contributed by atoms with Crippen molar-refractivity contribution >= 4 is 6.47 Å². The molecule has 0 aromatic heterocycles. The van der Waals surface area contributed by atoms with Crippen LogP contribution in [0.25, 0.3) is 0 Å². The Morgan fingerprint density at radius 1 is 1.56 bits per heavy atom. The van der Waals surface area contributed by atoms with Crippen molar-refractivity contribution in [3.8, 4) is 0 Å². The van der Waals surface area contributed by atoms with Crippen LogP contribution in [-0.4, -0.2) is 12.1 Å². The molecular formula is C7H12O2. The third kappa shape index (κ3) is 1.07. The molecule has 0 N–H and O–H groups in total. The lowest BCUT2D eigenvalue weighted by Gasteiger charge is -2.16. The second-order valence-electron chi connectivity index (χ2n) is 2.93. The van der Waals surface area contributed by atoms with Gasteiger partial charge in [-0.05, 0) is 18.8 Å². The quantitative estimate of drug-likeness (QED) is 0.536. The molecule has 0 aromatic rings. The van der Waals surface area contributed by atoms with Gasteiger partial charge in [-0.1, -0.05) is 13.8 Å². The van der Waals surface area contributed by atoms with E-state index in [1.807, 2.05) is 0 Å². The zero-order chi connectivity index (χ0) is 6.91. The Kier molecular flexibility index (Phi) is 1.47. The number of carbonyl (C=O) groups is 1. The van der Waals surface area contributed by atoms with E-state index in [4.69, 9.17) is 4.74 Å². The van der Waals surface area contributed by atoms with Crippen molar-refractivity contribution in [2.75, 3.05) is 0 Å². The summed E-state index contributed by atoms with van der Waals surface area (Å²) in [6.07, 6.45) is 2.09. The maximum absolute atomic E-state index is 9.94. The third-order valence-corrected chi connectivity index (χ3v) is 2.08. The van der Waals surface area contributed by atoms with Gasteiger partial charge < -0.3 is 4.74 Å². The molecule has 9 heavy (non-hydrogen) atoms. The number of rotatable bonds is 3. The van der Waals surface area contributed by atoms with Crippen molar-refractivity contribution in [3.05, 3.63) is 0 Å². The van der Waals surface area contributed by atoms with Gasteiger partial charge in [-0.25, -0.2) is 0 Å². The smallest absolute Gasteiger partial charge is 0.293 e. The summed E-state index contributed by atoms with van der Waals surface area (Å²) >= 11 is 0. The van der Waals surface area contributed by atoms with Gasteiger partial charge in [0.15, 0.2) is 0 Å². The highest BCUT2D eigenvalue weighted by atomic mass is 16.5. The van der Waals surface area contributed by atoms with Crippen LogP contribution in [0.3, 0.4) is 0 Å². The van der Waals surface area contributed by atoms with Crippen LogP contribution in [0.15, 0.2) is 0 Å². The number of ether oxygens (including phenoxy) is 1. The Morgan fingerprint density at radius 3 is 2.22 bits per heavy atom. The Balaban J connectivity index is 2.42. The Labute approximate surface area is 55.2 Å². The van der Waals surface area contributed by atoms with Crippen LogP contribution in [0.2, 0.25) is 0 Å². The van der Waals surface area contributed by atoms with Crippen LogP contribution in [0.5, 0.6) is 0 Å². The SMILES string of the molecule is CC(C)C1(OC=O)CC1. The molecule has 52 valence electrons. The fraction of sp³-hybridized carbons (Fsp3) is 0.857. The molecule has 1 rings (SSSR count). The second-order valence-corrected chi connectivity index (χ2v) is 2.93. The first-order valence-corrected chi connectivity index (χ1v) is 3.33. The van der Waals surface area contributed by atoms with E-state index in [0.717, 1.165) is 12.8 Å². The molecule has 0 spiro atoms. The lowest BCUT2D eigenvalue weighted by Crippen LogP contribution is -2.20. The summed E-state index contributed by atoms with van der Waals surface area (Å²) in [5.74, 6) is 0.475. The largest absolute Gasteiger partial charge is 0.461 e. The van der Waals surface area contributed by atoms with Crippen LogP contribution < -0.4 is 0 Å². The Hall–Kier alpha value is -0.530. The molecule has 0 aromatic carbocycles. The molecule has 0 aliphatic heterocycles. The first-order valence-electron chi connectivity index (χ1n) is 3.33. The number of hydrogen-bond donors (Lipinski definition) is 0.